The van der Waals surface area contributed by atoms with Gasteiger partial charge in [0, 0.05) is 88.0 Å². The minimum atomic E-state index is -0.568. The second-order valence-electron chi connectivity index (χ2n) is 32.5. The number of aromatic nitrogens is 7. The van der Waals surface area contributed by atoms with Crippen LogP contribution in [0.1, 0.15) is 44.5 Å². The average molecular weight is 1610 g/mol. The maximum absolute atomic E-state index is 7.21. The van der Waals surface area contributed by atoms with Crippen LogP contribution in [0.15, 0.2) is 441 Å². The van der Waals surface area contributed by atoms with Gasteiger partial charge in [-0.2, -0.15) is 0 Å². The van der Waals surface area contributed by atoms with Gasteiger partial charge in [0.15, 0.2) is 0 Å². The molecule has 0 saturated carbocycles. The third-order valence-corrected chi connectivity index (χ3v) is 27.1. The summed E-state index contributed by atoms with van der Waals surface area (Å²) in [5.41, 5.74) is 34.2. The first kappa shape index (κ1) is 71.8. The fourth-order valence-corrected chi connectivity index (χ4v) is 21.9. The van der Waals surface area contributed by atoms with Gasteiger partial charge in [-0.15, -0.1) is 0 Å². The molecule has 6 aromatic heterocycles. The maximum atomic E-state index is 7.21. The number of hydrogen-bond donors (Lipinski definition) is 0. The van der Waals surface area contributed by atoms with Crippen molar-refractivity contribution in [3.8, 4) is 129 Å². The zero-order valence-corrected chi connectivity index (χ0v) is 68.3. The van der Waals surface area contributed by atoms with Crippen LogP contribution in [0, 0.1) is 0 Å². The average Bonchev–Trinajstić information content (AvgIpc) is 1.55. The summed E-state index contributed by atoms with van der Waals surface area (Å²) in [5, 5.41) is 6.73. The first-order valence-corrected chi connectivity index (χ1v) is 43.3. The molecule has 22 aromatic rings. The molecular formula is C116H71N7OS. The zero-order chi connectivity index (χ0) is 82.3. The lowest BCUT2D eigenvalue weighted by Crippen LogP contribution is -2.32. The van der Waals surface area contributed by atoms with Gasteiger partial charge in [0.25, 0.3) is 0 Å². The third-order valence-electron chi connectivity index (χ3n) is 25.9. The van der Waals surface area contributed by atoms with Crippen LogP contribution < -0.4 is 4.74 Å². The molecule has 0 radical (unpaired) electrons. The van der Waals surface area contributed by atoms with Crippen molar-refractivity contribution in [3.05, 3.63) is 475 Å². The van der Waals surface area contributed by atoms with E-state index in [2.05, 4.69) is 397 Å². The van der Waals surface area contributed by atoms with E-state index in [0.717, 1.165) is 167 Å². The Labute approximate surface area is 725 Å². The molecule has 8 nitrogen and oxygen atoms in total. The van der Waals surface area contributed by atoms with Crippen LogP contribution in [0.2, 0.25) is 0 Å². The van der Waals surface area contributed by atoms with Gasteiger partial charge in [0.1, 0.15) is 17.3 Å². The van der Waals surface area contributed by atoms with Gasteiger partial charge in [-0.3, -0.25) is 14.5 Å². The zero-order valence-electron chi connectivity index (χ0n) is 67.4. The summed E-state index contributed by atoms with van der Waals surface area (Å²) in [5.74, 6) is 2.66. The second-order valence-corrected chi connectivity index (χ2v) is 33.6. The molecule has 0 fully saturated rings. The maximum Gasteiger partial charge on any atom is 0.145 e. The molecule has 26 rings (SSSR count). The number of pyridine rings is 5. The molecule has 2 aliphatic carbocycles. The quantitative estimate of drug-likeness (QED) is 0.132. The molecule has 125 heavy (non-hydrogen) atoms. The molecule has 16 aromatic carbocycles. The highest BCUT2D eigenvalue weighted by Gasteiger charge is 2.53. The number of para-hydroxylation sites is 4. The molecular weight excluding hydrogens is 1540 g/mol. The first-order valence-electron chi connectivity index (χ1n) is 42.4. The molecule has 2 aliphatic heterocycles. The highest BCUT2D eigenvalue weighted by molar-refractivity contribution is 7.99. The molecule has 8 heterocycles. The van der Waals surface area contributed by atoms with Crippen molar-refractivity contribution < 1.29 is 4.74 Å². The summed E-state index contributed by atoms with van der Waals surface area (Å²) in [4.78, 5) is 32.9. The lowest BCUT2D eigenvalue weighted by Gasteiger charge is -2.40. The molecule has 4 aliphatic rings. The summed E-state index contributed by atoms with van der Waals surface area (Å²) in [6.45, 7) is 0. The van der Waals surface area contributed by atoms with Crippen LogP contribution in [-0.4, -0.2) is 34.5 Å². The number of benzene rings is 16. The summed E-state index contributed by atoms with van der Waals surface area (Å²) in [7, 11) is 0. The van der Waals surface area contributed by atoms with Crippen LogP contribution in [0.3, 0.4) is 0 Å². The first-order chi connectivity index (χ1) is 62.0. The number of ether oxygens (including phenoxy) is 1. The van der Waals surface area contributed by atoms with Gasteiger partial charge < -0.3 is 4.74 Å². The molecule has 0 N–H and O–H groups in total. The van der Waals surface area contributed by atoms with Crippen LogP contribution in [0.5, 0.6) is 11.5 Å². The number of fused-ring (bicyclic) bond motifs is 27. The van der Waals surface area contributed by atoms with Crippen molar-refractivity contribution in [2.45, 2.75) is 20.6 Å². The minimum absolute atomic E-state index is 0.455. The van der Waals surface area contributed by atoms with Crippen molar-refractivity contribution in [2.75, 3.05) is 0 Å². The summed E-state index contributed by atoms with van der Waals surface area (Å²) >= 11 is 1.91. The van der Waals surface area contributed by atoms with Crippen LogP contribution in [0.4, 0.5) is 0 Å². The Bertz CT molecular complexity index is 7990. The predicted molar refractivity (Wildman–Crippen MR) is 509 cm³/mol. The number of nitrogens with zero attached hydrogens (tertiary/aromatic N) is 7. The van der Waals surface area contributed by atoms with E-state index < -0.39 is 10.8 Å². The molecule has 2 spiro atoms. The van der Waals surface area contributed by atoms with Crippen molar-refractivity contribution in [1.29, 1.82) is 0 Å². The van der Waals surface area contributed by atoms with Crippen molar-refractivity contribution in [2.24, 2.45) is 0 Å². The van der Waals surface area contributed by atoms with Crippen LogP contribution in [0.25, 0.3) is 172 Å². The van der Waals surface area contributed by atoms with E-state index in [1.807, 2.05) is 48.2 Å². The topological polar surface area (TPSA) is 91.5 Å². The fraction of sp³-hybridized carbons (Fsp3) is 0.0172. The summed E-state index contributed by atoms with van der Waals surface area (Å²) < 4.78 is 9.46. The molecule has 582 valence electrons. The largest absolute Gasteiger partial charge is 0.456 e. The lowest BCUT2D eigenvalue weighted by molar-refractivity contribution is 0.442. The van der Waals surface area contributed by atoms with Crippen molar-refractivity contribution >= 4 is 66.1 Å². The Balaban J connectivity index is 0.000000137. The fourth-order valence-electron chi connectivity index (χ4n) is 20.5. The van der Waals surface area contributed by atoms with E-state index in [-0.39, 0.29) is 0 Å². The SMILES string of the molecule is c1ccc(-c2nc3cc(-c4ccc(-c5cc(-c6ccccn6)nc(-c6ccccn6)c5)cc4)ccc3c3c4c(ccc23)C2(c3ccccc3O4)c3ccccc3-c3ccccc32)cc1.c1ccc(-c2nc3cc(-c4ccc(-c5nc6ccccc6n5-c5ccccc5)cc4)ccc3c3c4c(ccc23)C2(c3ccccc3S4)c3ccccc3-c3ccccc32)cc1. The van der Waals surface area contributed by atoms with E-state index in [4.69, 9.17) is 24.7 Å². The van der Waals surface area contributed by atoms with Crippen LogP contribution in [-0.2, 0) is 10.8 Å². The van der Waals surface area contributed by atoms with E-state index >= 15 is 0 Å². The van der Waals surface area contributed by atoms with Crippen LogP contribution >= 0.6 is 11.8 Å². The Morgan fingerprint density at radius 3 is 1.23 bits per heavy atom. The lowest BCUT2D eigenvalue weighted by atomic mass is 9.65. The van der Waals surface area contributed by atoms with Gasteiger partial charge in [-0.1, -0.05) is 345 Å². The Morgan fingerprint density at radius 1 is 0.256 bits per heavy atom. The summed E-state index contributed by atoms with van der Waals surface area (Å²) in [6, 6.07) is 150. The highest BCUT2D eigenvalue weighted by atomic mass is 32.2. The van der Waals surface area contributed by atoms with Gasteiger partial charge in [-0.05, 0) is 174 Å². The van der Waals surface area contributed by atoms with E-state index in [9.17, 15) is 0 Å². The molecule has 0 unspecified atom stereocenters. The predicted octanol–water partition coefficient (Wildman–Crippen LogP) is 28.9. The van der Waals surface area contributed by atoms with E-state index in [1.54, 1.807) is 12.4 Å². The Hall–Kier alpha value is -16.1. The number of hydrogen-bond acceptors (Lipinski definition) is 8. The van der Waals surface area contributed by atoms with Gasteiger partial charge in [-0.25, -0.2) is 19.9 Å². The Morgan fingerprint density at radius 2 is 0.680 bits per heavy atom. The van der Waals surface area contributed by atoms with E-state index in [1.165, 1.54) is 70.8 Å². The summed E-state index contributed by atoms with van der Waals surface area (Å²) in [6.07, 6.45) is 3.60. The molecule has 9 heteroatoms. The Kier molecular flexibility index (Phi) is 16.6. The smallest absolute Gasteiger partial charge is 0.145 e. The standard InChI is InChI=1S/C59H36N4O.C57H35N3S/c1-2-14-39(15-3-1)57-45-30-31-49-58(64-55-23-9-8-20-48(55)59(49)46-18-6-4-16-42(46)43-17-5-7-19-47(43)59)56(45)44-29-28-40(34-52(44)63-57)37-24-26-38(27-25-37)41-35-53(50-21-10-12-32-60-50)62-54(36-41)51-22-11-13-33-61-51;1-3-15-37(16-4-1)54-44-33-34-48-55(61-52-26-14-11-23-47(52)57(48)45-21-9-7-19-41(45)42-20-8-10-22-46(42)57)53(44)43-32-31-39(35-50(43)58-54)36-27-29-38(30-28-36)56-59-49-24-12-13-25-51(49)60(56)40-17-5-2-6-18-40/h1-36H;1-35H. The van der Waals surface area contributed by atoms with Gasteiger partial charge in [0.2, 0.25) is 0 Å². The molecule has 0 atom stereocenters. The highest BCUT2D eigenvalue weighted by Crippen LogP contribution is 2.66. The minimum Gasteiger partial charge on any atom is -0.456 e. The molecule has 0 saturated heterocycles. The van der Waals surface area contributed by atoms with Gasteiger partial charge >= 0.3 is 0 Å². The van der Waals surface area contributed by atoms with E-state index in [0.29, 0.717) is 0 Å². The normalized spacial score (nSPS) is 13.1. The van der Waals surface area contributed by atoms with Crippen molar-refractivity contribution in [3.63, 3.8) is 0 Å². The monoisotopic (exact) mass is 1610 g/mol. The van der Waals surface area contributed by atoms with Gasteiger partial charge in [0.05, 0.1) is 67.1 Å². The third kappa shape index (κ3) is 11.2. The number of rotatable bonds is 9. The second kappa shape index (κ2) is 28.8. The molecule has 0 bridgehead atoms. The molecule has 0 amide bonds. The number of imidazole rings is 1. The van der Waals surface area contributed by atoms with Crippen molar-refractivity contribution in [1.82, 2.24) is 34.5 Å².